The smallest absolute Gasteiger partial charge is 0.0242 e. The fraction of sp³-hybridized carbons (Fsp3) is 0.538. The lowest BCUT2D eigenvalue weighted by Crippen LogP contribution is -2.20. The molecule has 0 bridgehead atoms. The van der Waals surface area contributed by atoms with Crippen LogP contribution in [0.5, 0.6) is 0 Å². The Kier molecular flexibility index (Phi) is 7.19. The van der Waals surface area contributed by atoms with E-state index in [0.717, 1.165) is 19.6 Å². The average molecular weight is 317 g/mol. The quantitative estimate of drug-likeness (QED) is 0.832. The second-order valence-corrected chi connectivity index (χ2v) is 6.03. The van der Waals surface area contributed by atoms with Gasteiger partial charge in [-0.3, -0.25) is 0 Å². The van der Waals surface area contributed by atoms with Crippen molar-refractivity contribution >= 4 is 27.7 Å². The minimum Gasteiger partial charge on any atom is -0.316 e. The number of nitrogens with zero attached hydrogens (tertiary/aromatic N) is 1. The molecule has 0 spiro atoms. The van der Waals surface area contributed by atoms with Crippen molar-refractivity contribution in [2.75, 3.05) is 32.6 Å². The molecule has 0 aromatic heterocycles. The van der Waals surface area contributed by atoms with Gasteiger partial charge in [-0.15, -0.1) is 0 Å². The van der Waals surface area contributed by atoms with Gasteiger partial charge in [0.1, 0.15) is 0 Å². The van der Waals surface area contributed by atoms with Crippen molar-refractivity contribution in [3.63, 3.8) is 0 Å². The number of hydrogen-bond donors (Lipinski definition) is 1. The van der Waals surface area contributed by atoms with E-state index >= 15 is 0 Å². The highest BCUT2D eigenvalue weighted by Crippen LogP contribution is 2.20. The van der Waals surface area contributed by atoms with E-state index in [1.54, 1.807) is 0 Å². The predicted octanol–water partition coefficient (Wildman–Crippen LogP) is 2.96. The summed E-state index contributed by atoms with van der Waals surface area (Å²) in [7, 11) is 4.14. The van der Waals surface area contributed by atoms with Crippen molar-refractivity contribution in [2.45, 2.75) is 13.1 Å². The van der Waals surface area contributed by atoms with Gasteiger partial charge in [-0.1, -0.05) is 28.1 Å². The molecule has 96 valence electrons. The Bertz CT molecular complexity index is 344. The van der Waals surface area contributed by atoms with Crippen molar-refractivity contribution in [1.82, 2.24) is 10.2 Å². The van der Waals surface area contributed by atoms with Crippen LogP contribution in [0.15, 0.2) is 22.7 Å². The Balaban J connectivity index is 2.59. The lowest BCUT2D eigenvalue weighted by Gasteiger charge is -2.17. The Morgan fingerprint density at radius 1 is 1.41 bits per heavy atom. The normalized spacial score (nSPS) is 11.1. The van der Waals surface area contributed by atoms with Crippen molar-refractivity contribution in [2.24, 2.45) is 0 Å². The molecule has 4 heteroatoms. The molecule has 0 amide bonds. The molecule has 0 atom stereocenters. The van der Waals surface area contributed by atoms with Gasteiger partial charge in [-0.2, -0.15) is 11.8 Å². The van der Waals surface area contributed by atoms with E-state index in [-0.39, 0.29) is 0 Å². The Morgan fingerprint density at radius 3 is 2.76 bits per heavy atom. The van der Waals surface area contributed by atoms with Crippen LogP contribution in [0.1, 0.15) is 11.1 Å². The summed E-state index contributed by atoms with van der Waals surface area (Å²) in [5, 5.41) is 3.17. The zero-order valence-corrected chi connectivity index (χ0v) is 13.2. The molecule has 17 heavy (non-hydrogen) atoms. The summed E-state index contributed by atoms with van der Waals surface area (Å²) in [6.45, 7) is 3.05. The van der Waals surface area contributed by atoms with E-state index < -0.39 is 0 Å². The van der Waals surface area contributed by atoms with Crippen LogP contribution in [0.2, 0.25) is 0 Å². The van der Waals surface area contributed by atoms with E-state index in [2.05, 4.69) is 57.6 Å². The molecule has 0 heterocycles. The van der Waals surface area contributed by atoms with Gasteiger partial charge in [0.15, 0.2) is 0 Å². The fourth-order valence-electron chi connectivity index (χ4n) is 1.65. The maximum atomic E-state index is 3.65. The second-order valence-electron chi connectivity index (χ2n) is 4.19. The second kappa shape index (κ2) is 8.14. The molecule has 1 aromatic rings. The molecule has 1 rings (SSSR count). The highest BCUT2D eigenvalue weighted by molar-refractivity contribution is 9.10. The van der Waals surface area contributed by atoms with Gasteiger partial charge in [-0.25, -0.2) is 0 Å². The molecule has 0 aliphatic heterocycles. The van der Waals surface area contributed by atoms with E-state index in [0.29, 0.717) is 0 Å². The van der Waals surface area contributed by atoms with Gasteiger partial charge in [0, 0.05) is 29.9 Å². The molecule has 0 radical (unpaired) electrons. The SMILES string of the molecule is CNCc1ccc(CN(C)CCSC)c(Br)c1. The minimum atomic E-state index is 0.918. The van der Waals surface area contributed by atoms with Gasteiger partial charge in [0.05, 0.1) is 0 Å². The largest absolute Gasteiger partial charge is 0.316 e. The third kappa shape index (κ3) is 5.42. The van der Waals surface area contributed by atoms with Gasteiger partial charge in [0.2, 0.25) is 0 Å². The summed E-state index contributed by atoms with van der Waals surface area (Å²) >= 11 is 5.55. The Hall–Kier alpha value is -0.0300. The number of halogens is 1. The molecular formula is C13H21BrN2S. The maximum absolute atomic E-state index is 3.65. The Morgan fingerprint density at radius 2 is 2.18 bits per heavy atom. The molecule has 1 aromatic carbocycles. The zero-order chi connectivity index (χ0) is 12.7. The highest BCUT2D eigenvalue weighted by Gasteiger charge is 2.04. The molecule has 0 aliphatic rings. The number of hydrogen-bond acceptors (Lipinski definition) is 3. The number of thioether (sulfide) groups is 1. The fourth-order valence-corrected chi connectivity index (χ4v) is 2.70. The highest BCUT2D eigenvalue weighted by atomic mass is 79.9. The molecule has 0 saturated carbocycles. The van der Waals surface area contributed by atoms with Gasteiger partial charge in [0.25, 0.3) is 0 Å². The van der Waals surface area contributed by atoms with Crippen LogP contribution in [0.25, 0.3) is 0 Å². The van der Waals surface area contributed by atoms with Gasteiger partial charge in [-0.05, 0) is 37.5 Å². The molecule has 0 fully saturated rings. The maximum Gasteiger partial charge on any atom is 0.0242 e. The third-order valence-corrected chi connectivity index (χ3v) is 3.94. The van der Waals surface area contributed by atoms with E-state index in [9.17, 15) is 0 Å². The number of nitrogens with one attached hydrogen (secondary N) is 1. The van der Waals surface area contributed by atoms with Crippen molar-refractivity contribution in [1.29, 1.82) is 0 Å². The molecule has 0 unspecified atom stereocenters. The van der Waals surface area contributed by atoms with Gasteiger partial charge < -0.3 is 10.2 Å². The van der Waals surface area contributed by atoms with Crippen LogP contribution < -0.4 is 5.32 Å². The topological polar surface area (TPSA) is 15.3 Å². The lowest BCUT2D eigenvalue weighted by molar-refractivity contribution is 0.348. The summed E-state index contributed by atoms with van der Waals surface area (Å²) < 4.78 is 1.21. The third-order valence-electron chi connectivity index (χ3n) is 2.62. The van der Waals surface area contributed by atoms with Crippen LogP contribution in [0, 0.1) is 0 Å². The minimum absolute atomic E-state index is 0.918. The zero-order valence-electron chi connectivity index (χ0n) is 10.8. The molecular weight excluding hydrogens is 296 g/mol. The molecule has 0 aliphatic carbocycles. The van der Waals surface area contributed by atoms with E-state index in [4.69, 9.17) is 0 Å². The first-order valence-corrected chi connectivity index (χ1v) is 7.95. The van der Waals surface area contributed by atoms with Gasteiger partial charge >= 0.3 is 0 Å². The first-order valence-electron chi connectivity index (χ1n) is 5.76. The first kappa shape index (κ1) is 15.0. The van der Waals surface area contributed by atoms with Crippen LogP contribution >= 0.6 is 27.7 Å². The standard InChI is InChI=1S/C13H21BrN2S/c1-15-9-11-4-5-12(13(14)8-11)10-16(2)6-7-17-3/h4-5,8,15H,6-7,9-10H2,1-3H3. The van der Waals surface area contributed by atoms with Crippen molar-refractivity contribution in [3.05, 3.63) is 33.8 Å². The molecule has 1 N–H and O–H groups in total. The Labute approximate surface area is 117 Å². The average Bonchev–Trinajstić information content (AvgIpc) is 2.30. The summed E-state index contributed by atoms with van der Waals surface area (Å²) in [6, 6.07) is 6.61. The van der Waals surface area contributed by atoms with Crippen molar-refractivity contribution < 1.29 is 0 Å². The van der Waals surface area contributed by atoms with E-state index in [1.807, 2.05) is 18.8 Å². The summed E-state index contributed by atoms with van der Waals surface area (Å²) in [5.41, 5.74) is 2.67. The monoisotopic (exact) mass is 316 g/mol. The summed E-state index contributed by atoms with van der Waals surface area (Å²) in [6.07, 6.45) is 2.15. The van der Waals surface area contributed by atoms with Crippen LogP contribution in [-0.4, -0.2) is 37.5 Å². The molecule has 2 nitrogen and oxygen atoms in total. The summed E-state index contributed by atoms with van der Waals surface area (Å²) in [5.74, 6) is 1.19. The van der Waals surface area contributed by atoms with Crippen LogP contribution in [-0.2, 0) is 13.1 Å². The number of rotatable bonds is 7. The van der Waals surface area contributed by atoms with Crippen LogP contribution in [0.4, 0.5) is 0 Å². The first-order chi connectivity index (χ1) is 8.17. The number of benzene rings is 1. The molecule has 0 saturated heterocycles. The van der Waals surface area contributed by atoms with E-state index in [1.165, 1.54) is 21.4 Å². The lowest BCUT2D eigenvalue weighted by atomic mass is 10.1. The van der Waals surface area contributed by atoms with Crippen LogP contribution in [0.3, 0.4) is 0 Å². The summed E-state index contributed by atoms with van der Waals surface area (Å²) in [4.78, 5) is 2.36. The predicted molar refractivity (Wildman–Crippen MR) is 81.6 cm³/mol. The van der Waals surface area contributed by atoms with Crippen molar-refractivity contribution in [3.8, 4) is 0 Å².